The first-order chi connectivity index (χ1) is 10.9. The second kappa shape index (κ2) is 8.08. The van der Waals surface area contributed by atoms with Gasteiger partial charge in [-0.05, 0) is 56.1 Å². The summed E-state index contributed by atoms with van der Waals surface area (Å²) in [5.74, 6) is 0. The molecule has 1 aromatic carbocycles. The van der Waals surface area contributed by atoms with Gasteiger partial charge in [0, 0.05) is 25.3 Å². The zero-order valence-corrected chi connectivity index (χ0v) is 15.4. The number of sulfonamides is 1. The number of aryl methyl sites for hydroxylation is 1. The number of hydrogen-bond acceptors (Lipinski definition) is 3. The average molecular weight is 356 g/mol. The van der Waals surface area contributed by atoms with Crippen LogP contribution in [0.25, 0.3) is 0 Å². The van der Waals surface area contributed by atoms with Crippen molar-refractivity contribution >= 4 is 33.0 Å². The number of benzene rings is 1. The lowest BCUT2D eigenvalue weighted by Crippen LogP contribution is -2.36. The Balaban J connectivity index is 2.21. The van der Waals surface area contributed by atoms with E-state index in [1.54, 1.807) is 10.4 Å². The molecule has 23 heavy (non-hydrogen) atoms. The van der Waals surface area contributed by atoms with Gasteiger partial charge in [0.15, 0.2) is 5.11 Å². The third-order valence-electron chi connectivity index (χ3n) is 3.91. The Bertz CT molecular complexity index is 653. The summed E-state index contributed by atoms with van der Waals surface area (Å²) in [6.07, 6.45) is 3.94. The number of nitrogens with zero attached hydrogens (tertiary/aromatic N) is 1. The van der Waals surface area contributed by atoms with Gasteiger partial charge in [-0.25, -0.2) is 8.42 Å². The van der Waals surface area contributed by atoms with Crippen molar-refractivity contribution in [2.24, 2.45) is 0 Å². The van der Waals surface area contributed by atoms with Gasteiger partial charge in [0.05, 0.1) is 4.90 Å². The van der Waals surface area contributed by atoms with Crippen molar-refractivity contribution in [3.8, 4) is 0 Å². The minimum atomic E-state index is -3.44. The lowest BCUT2D eigenvalue weighted by molar-refractivity contribution is 0.346. The maximum atomic E-state index is 12.9. The van der Waals surface area contributed by atoms with E-state index in [1.807, 2.05) is 19.1 Å². The molecular formula is C16H25N3O2S2. The standard InChI is InChI=1S/C16H25N3O2S2/c1-3-9-17-16(22)18-14-8-7-13(2)15(12-14)23(20,21)19-10-5-4-6-11-19/h7-8,12H,3-6,9-11H2,1-2H3,(H2,17,18,22). The normalized spacial score (nSPS) is 16.1. The van der Waals surface area contributed by atoms with E-state index in [4.69, 9.17) is 12.2 Å². The van der Waals surface area contributed by atoms with Crippen molar-refractivity contribution in [3.63, 3.8) is 0 Å². The lowest BCUT2D eigenvalue weighted by Gasteiger charge is -2.26. The maximum Gasteiger partial charge on any atom is 0.243 e. The first kappa shape index (κ1) is 18.2. The van der Waals surface area contributed by atoms with Crippen LogP contribution in [0.3, 0.4) is 0 Å². The maximum absolute atomic E-state index is 12.9. The van der Waals surface area contributed by atoms with E-state index in [-0.39, 0.29) is 0 Å². The van der Waals surface area contributed by atoms with Crippen LogP contribution in [-0.2, 0) is 10.0 Å². The number of anilines is 1. The quantitative estimate of drug-likeness (QED) is 0.795. The highest BCUT2D eigenvalue weighted by atomic mass is 32.2. The molecule has 1 saturated heterocycles. The smallest absolute Gasteiger partial charge is 0.243 e. The molecule has 1 heterocycles. The van der Waals surface area contributed by atoms with Crippen LogP contribution in [0.2, 0.25) is 0 Å². The summed E-state index contributed by atoms with van der Waals surface area (Å²) in [6.45, 7) is 5.89. The Morgan fingerprint density at radius 1 is 1.26 bits per heavy atom. The van der Waals surface area contributed by atoms with E-state index in [9.17, 15) is 8.42 Å². The molecule has 0 bridgehead atoms. The fourth-order valence-electron chi connectivity index (χ4n) is 2.61. The van der Waals surface area contributed by atoms with Crippen LogP contribution in [0.5, 0.6) is 0 Å². The molecule has 0 radical (unpaired) electrons. The summed E-state index contributed by atoms with van der Waals surface area (Å²) >= 11 is 5.21. The van der Waals surface area contributed by atoms with Crippen LogP contribution in [0, 0.1) is 6.92 Å². The summed E-state index contributed by atoms with van der Waals surface area (Å²) in [7, 11) is -3.44. The molecule has 1 aliphatic rings. The lowest BCUT2D eigenvalue weighted by atomic mass is 10.2. The van der Waals surface area contributed by atoms with Crippen LogP contribution in [0.15, 0.2) is 23.1 Å². The number of hydrogen-bond donors (Lipinski definition) is 2. The van der Waals surface area contributed by atoms with Crippen molar-refractivity contribution in [3.05, 3.63) is 23.8 Å². The Morgan fingerprint density at radius 3 is 2.61 bits per heavy atom. The van der Waals surface area contributed by atoms with E-state index in [2.05, 4.69) is 17.6 Å². The third kappa shape index (κ3) is 4.65. The molecule has 128 valence electrons. The first-order valence-corrected chi connectivity index (χ1v) is 9.95. The van der Waals surface area contributed by atoms with Crippen molar-refractivity contribution in [2.75, 3.05) is 25.0 Å². The van der Waals surface area contributed by atoms with Gasteiger partial charge in [0.1, 0.15) is 0 Å². The molecule has 0 atom stereocenters. The largest absolute Gasteiger partial charge is 0.362 e. The molecular weight excluding hydrogens is 330 g/mol. The van der Waals surface area contributed by atoms with Crippen LogP contribution in [0.4, 0.5) is 5.69 Å². The predicted molar refractivity (Wildman–Crippen MR) is 98.3 cm³/mol. The zero-order valence-electron chi connectivity index (χ0n) is 13.8. The van der Waals surface area contributed by atoms with Crippen LogP contribution in [-0.4, -0.2) is 37.5 Å². The van der Waals surface area contributed by atoms with Crippen molar-refractivity contribution < 1.29 is 8.42 Å². The van der Waals surface area contributed by atoms with Crippen molar-refractivity contribution in [2.45, 2.75) is 44.4 Å². The van der Waals surface area contributed by atoms with Gasteiger partial charge in [-0.2, -0.15) is 4.31 Å². The molecule has 7 heteroatoms. The Hall–Kier alpha value is -1.18. The van der Waals surface area contributed by atoms with Crippen LogP contribution >= 0.6 is 12.2 Å². The molecule has 1 fully saturated rings. The van der Waals surface area contributed by atoms with Crippen LogP contribution in [0.1, 0.15) is 38.2 Å². The third-order valence-corrected chi connectivity index (χ3v) is 6.20. The summed E-state index contributed by atoms with van der Waals surface area (Å²) < 4.78 is 27.3. The summed E-state index contributed by atoms with van der Waals surface area (Å²) in [5, 5.41) is 6.65. The molecule has 0 saturated carbocycles. The fourth-order valence-corrected chi connectivity index (χ4v) is 4.60. The van der Waals surface area contributed by atoms with E-state index in [0.29, 0.717) is 28.8 Å². The molecule has 0 unspecified atom stereocenters. The number of piperidine rings is 1. The SMILES string of the molecule is CCCNC(=S)Nc1ccc(C)c(S(=O)(=O)N2CCCCC2)c1. The molecule has 0 aromatic heterocycles. The minimum Gasteiger partial charge on any atom is -0.362 e. The average Bonchev–Trinajstić information content (AvgIpc) is 2.55. The fraction of sp³-hybridized carbons (Fsp3) is 0.562. The van der Waals surface area contributed by atoms with Crippen molar-refractivity contribution in [1.29, 1.82) is 0 Å². The number of nitrogens with one attached hydrogen (secondary N) is 2. The molecule has 1 aliphatic heterocycles. The zero-order chi connectivity index (χ0) is 16.9. The minimum absolute atomic E-state index is 0.364. The highest BCUT2D eigenvalue weighted by Crippen LogP contribution is 2.25. The van der Waals surface area contributed by atoms with Gasteiger partial charge in [-0.15, -0.1) is 0 Å². The van der Waals surface area contributed by atoms with Gasteiger partial charge in [0.25, 0.3) is 0 Å². The predicted octanol–water partition coefficient (Wildman–Crippen LogP) is 2.87. The topological polar surface area (TPSA) is 61.4 Å². The van der Waals surface area contributed by atoms with Gasteiger partial charge in [-0.1, -0.05) is 19.4 Å². The second-order valence-corrected chi connectivity index (χ2v) is 8.14. The van der Waals surface area contributed by atoms with E-state index >= 15 is 0 Å². The Kier molecular flexibility index (Phi) is 6.38. The van der Waals surface area contributed by atoms with Gasteiger partial charge >= 0.3 is 0 Å². The highest BCUT2D eigenvalue weighted by molar-refractivity contribution is 7.89. The molecule has 2 N–H and O–H groups in total. The van der Waals surface area contributed by atoms with E-state index in [0.717, 1.165) is 37.8 Å². The number of thiocarbonyl (C=S) groups is 1. The molecule has 0 spiro atoms. The van der Waals surface area contributed by atoms with Gasteiger partial charge in [-0.3, -0.25) is 0 Å². The Labute approximate surface area is 144 Å². The van der Waals surface area contributed by atoms with Gasteiger partial charge in [0.2, 0.25) is 10.0 Å². The molecule has 2 rings (SSSR count). The summed E-state index contributed by atoms with van der Waals surface area (Å²) in [6, 6.07) is 5.35. The van der Waals surface area contributed by atoms with Gasteiger partial charge < -0.3 is 10.6 Å². The second-order valence-electron chi connectivity index (χ2n) is 5.83. The van der Waals surface area contributed by atoms with E-state index < -0.39 is 10.0 Å². The summed E-state index contributed by atoms with van der Waals surface area (Å²) in [4.78, 5) is 0.364. The van der Waals surface area contributed by atoms with Crippen molar-refractivity contribution in [1.82, 2.24) is 9.62 Å². The summed E-state index contributed by atoms with van der Waals surface area (Å²) in [5.41, 5.74) is 1.45. The Morgan fingerprint density at radius 2 is 1.96 bits per heavy atom. The number of rotatable bonds is 5. The molecule has 5 nitrogen and oxygen atoms in total. The molecule has 0 amide bonds. The monoisotopic (exact) mass is 355 g/mol. The van der Waals surface area contributed by atoms with E-state index in [1.165, 1.54) is 0 Å². The highest BCUT2D eigenvalue weighted by Gasteiger charge is 2.27. The van der Waals surface area contributed by atoms with Crippen LogP contribution < -0.4 is 10.6 Å². The molecule has 0 aliphatic carbocycles. The first-order valence-electron chi connectivity index (χ1n) is 8.11. The molecule has 1 aromatic rings.